The summed E-state index contributed by atoms with van der Waals surface area (Å²) < 4.78 is 16.3. The highest BCUT2D eigenvalue weighted by Gasteiger charge is 2.23. The first-order valence-electron chi connectivity index (χ1n) is 7.49. The van der Waals surface area contributed by atoms with Gasteiger partial charge in [0.25, 0.3) is 0 Å². The van der Waals surface area contributed by atoms with Crippen molar-refractivity contribution in [1.29, 1.82) is 0 Å². The van der Waals surface area contributed by atoms with Crippen molar-refractivity contribution in [2.75, 3.05) is 20.2 Å². The molecule has 0 spiro atoms. The molecule has 1 fully saturated rings. The standard InChI is InChI=1S/C16H21N3O3/c1-11-8-19(9-12(2)21-11)10-15-17-16(18-22-15)13-4-6-14(20-3)7-5-13/h4-7,11-12H,8-10H2,1-3H3. The Morgan fingerprint density at radius 2 is 1.86 bits per heavy atom. The van der Waals surface area contributed by atoms with Crippen LogP contribution in [0.2, 0.25) is 0 Å². The number of morpholine rings is 1. The summed E-state index contributed by atoms with van der Waals surface area (Å²) in [5.74, 6) is 2.04. The van der Waals surface area contributed by atoms with Crippen molar-refractivity contribution < 1.29 is 14.0 Å². The Hall–Kier alpha value is -1.92. The normalized spacial score (nSPS) is 22.7. The molecule has 6 nitrogen and oxygen atoms in total. The van der Waals surface area contributed by atoms with E-state index in [0.717, 1.165) is 24.4 Å². The molecule has 6 heteroatoms. The zero-order valence-electron chi connectivity index (χ0n) is 13.2. The molecule has 2 heterocycles. The molecule has 3 rings (SSSR count). The lowest BCUT2D eigenvalue weighted by Crippen LogP contribution is -2.44. The van der Waals surface area contributed by atoms with Gasteiger partial charge in [-0.2, -0.15) is 4.98 Å². The second kappa shape index (κ2) is 6.46. The lowest BCUT2D eigenvalue weighted by molar-refractivity contribution is -0.0725. The van der Waals surface area contributed by atoms with Crippen LogP contribution in [0.4, 0.5) is 0 Å². The molecule has 0 bridgehead atoms. The first kappa shape index (κ1) is 15.0. The molecular formula is C16H21N3O3. The van der Waals surface area contributed by atoms with Crippen LogP contribution in [0.3, 0.4) is 0 Å². The molecule has 118 valence electrons. The topological polar surface area (TPSA) is 60.6 Å². The summed E-state index contributed by atoms with van der Waals surface area (Å²) in [5.41, 5.74) is 0.916. The number of hydrogen-bond acceptors (Lipinski definition) is 6. The van der Waals surface area contributed by atoms with Crippen LogP contribution in [-0.2, 0) is 11.3 Å². The van der Waals surface area contributed by atoms with Crippen LogP contribution >= 0.6 is 0 Å². The van der Waals surface area contributed by atoms with Crippen molar-refractivity contribution in [3.63, 3.8) is 0 Å². The molecule has 0 amide bonds. The number of methoxy groups -OCH3 is 1. The van der Waals surface area contributed by atoms with E-state index in [9.17, 15) is 0 Å². The van der Waals surface area contributed by atoms with Crippen LogP contribution in [0.1, 0.15) is 19.7 Å². The number of benzene rings is 1. The van der Waals surface area contributed by atoms with Crippen molar-refractivity contribution in [1.82, 2.24) is 15.0 Å². The zero-order chi connectivity index (χ0) is 15.5. The Labute approximate surface area is 130 Å². The predicted octanol–water partition coefficient (Wildman–Crippen LogP) is 2.35. The zero-order valence-corrected chi connectivity index (χ0v) is 13.2. The maximum absolute atomic E-state index is 5.73. The molecule has 1 aliphatic rings. The van der Waals surface area contributed by atoms with E-state index in [-0.39, 0.29) is 12.2 Å². The Bertz CT molecular complexity index is 601. The van der Waals surface area contributed by atoms with Gasteiger partial charge in [-0.1, -0.05) is 5.16 Å². The summed E-state index contributed by atoms with van der Waals surface area (Å²) in [6.07, 6.45) is 0.459. The minimum absolute atomic E-state index is 0.229. The van der Waals surface area contributed by atoms with Crippen LogP contribution in [0.5, 0.6) is 5.75 Å². The van der Waals surface area contributed by atoms with Crippen LogP contribution in [-0.4, -0.2) is 47.4 Å². The van der Waals surface area contributed by atoms with Gasteiger partial charge in [0.05, 0.1) is 25.9 Å². The summed E-state index contributed by atoms with van der Waals surface area (Å²) in [7, 11) is 1.64. The minimum Gasteiger partial charge on any atom is -0.497 e. The second-order valence-electron chi connectivity index (χ2n) is 5.69. The van der Waals surface area contributed by atoms with Gasteiger partial charge in [0.1, 0.15) is 5.75 Å². The average Bonchev–Trinajstić information content (AvgIpc) is 2.95. The summed E-state index contributed by atoms with van der Waals surface area (Å²) in [6.45, 7) is 6.58. The monoisotopic (exact) mass is 303 g/mol. The number of ether oxygens (including phenoxy) is 2. The van der Waals surface area contributed by atoms with Crippen molar-refractivity contribution in [3.8, 4) is 17.1 Å². The number of nitrogens with zero attached hydrogens (tertiary/aromatic N) is 3. The summed E-state index contributed by atoms with van der Waals surface area (Å²) in [4.78, 5) is 6.76. The highest BCUT2D eigenvalue weighted by molar-refractivity contribution is 5.55. The first-order valence-corrected chi connectivity index (χ1v) is 7.49. The molecule has 2 atom stereocenters. The molecular weight excluding hydrogens is 282 g/mol. The Balaban J connectivity index is 1.68. The summed E-state index contributed by atoms with van der Waals surface area (Å²) >= 11 is 0. The van der Waals surface area contributed by atoms with Gasteiger partial charge < -0.3 is 14.0 Å². The lowest BCUT2D eigenvalue weighted by atomic mass is 10.2. The molecule has 2 aromatic rings. The fraction of sp³-hybridized carbons (Fsp3) is 0.500. The Kier molecular flexibility index (Phi) is 4.40. The van der Waals surface area contributed by atoms with E-state index in [0.29, 0.717) is 18.3 Å². The van der Waals surface area contributed by atoms with Gasteiger partial charge in [-0.3, -0.25) is 4.90 Å². The maximum Gasteiger partial charge on any atom is 0.241 e. The fourth-order valence-corrected chi connectivity index (χ4v) is 2.78. The number of hydrogen-bond donors (Lipinski definition) is 0. The third kappa shape index (κ3) is 3.45. The van der Waals surface area contributed by atoms with E-state index in [2.05, 4.69) is 28.9 Å². The minimum atomic E-state index is 0.229. The molecule has 0 N–H and O–H groups in total. The molecule has 1 saturated heterocycles. The van der Waals surface area contributed by atoms with Crippen LogP contribution in [0.25, 0.3) is 11.4 Å². The highest BCUT2D eigenvalue weighted by atomic mass is 16.5. The smallest absolute Gasteiger partial charge is 0.241 e. The summed E-state index contributed by atoms with van der Waals surface area (Å²) in [6, 6.07) is 7.62. The Morgan fingerprint density at radius 3 is 2.50 bits per heavy atom. The largest absolute Gasteiger partial charge is 0.497 e. The van der Waals surface area contributed by atoms with Gasteiger partial charge in [0.15, 0.2) is 0 Å². The molecule has 0 saturated carbocycles. The molecule has 1 aromatic carbocycles. The van der Waals surface area contributed by atoms with E-state index < -0.39 is 0 Å². The molecule has 1 aromatic heterocycles. The average molecular weight is 303 g/mol. The van der Waals surface area contributed by atoms with E-state index in [4.69, 9.17) is 14.0 Å². The third-order valence-electron chi connectivity index (χ3n) is 3.67. The maximum atomic E-state index is 5.73. The fourth-order valence-electron chi connectivity index (χ4n) is 2.78. The van der Waals surface area contributed by atoms with Gasteiger partial charge in [-0.05, 0) is 38.1 Å². The Morgan fingerprint density at radius 1 is 1.18 bits per heavy atom. The lowest BCUT2D eigenvalue weighted by Gasteiger charge is -2.34. The van der Waals surface area contributed by atoms with Gasteiger partial charge in [-0.15, -0.1) is 0 Å². The van der Waals surface area contributed by atoms with Crippen molar-refractivity contribution in [2.45, 2.75) is 32.6 Å². The molecule has 2 unspecified atom stereocenters. The van der Waals surface area contributed by atoms with E-state index >= 15 is 0 Å². The molecule has 0 aliphatic carbocycles. The number of rotatable bonds is 4. The third-order valence-corrected chi connectivity index (χ3v) is 3.67. The number of aromatic nitrogens is 2. The van der Waals surface area contributed by atoms with E-state index in [1.54, 1.807) is 7.11 Å². The molecule has 22 heavy (non-hydrogen) atoms. The second-order valence-corrected chi connectivity index (χ2v) is 5.69. The first-order chi connectivity index (χ1) is 10.6. The summed E-state index contributed by atoms with van der Waals surface area (Å²) in [5, 5.41) is 4.06. The highest BCUT2D eigenvalue weighted by Crippen LogP contribution is 2.20. The molecule has 1 aliphatic heterocycles. The van der Waals surface area contributed by atoms with Crippen molar-refractivity contribution >= 4 is 0 Å². The van der Waals surface area contributed by atoms with Crippen molar-refractivity contribution in [2.24, 2.45) is 0 Å². The SMILES string of the molecule is COc1ccc(-c2noc(CN3CC(C)OC(C)C3)n2)cc1. The van der Waals surface area contributed by atoms with E-state index in [1.807, 2.05) is 24.3 Å². The predicted molar refractivity (Wildman–Crippen MR) is 81.6 cm³/mol. The van der Waals surface area contributed by atoms with Crippen LogP contribution in [0.15, 0.2) is 28.8 Å². The van der Waals surface area contributed by atoms with Gasteiger partial charge in [0.2, 0.25) is 11.7 Å². The molecule has 0 radical (unpaired) electrons. The van der Waals surface area contributed by atoms with E-state index in [1.165, 1.54) is 0 Å². The van der Waals surface area contributed by atoms with Crippen LogP contribution < -0.4 is 4.74 Å². The van der Waals surface area contributed by atoms with Crippen LogP contribution in [0, 0.1) is 0 Å². The van der Waals surface area contributed by atoms with Gasteiger partial charge in [0, 0.05) is 18.7 Å². The quantitative estimate of drug-likeness (QED) is 0.864. The van der Waals surface area contributed by atoms with Gasteiger partial charge >= 0.3 is 0 Å². The van der Waals surface area contributed by atoms with Crippen molar-refractivity contribution in [3.05, 3.63) is 30.2 Å². The van der Waals surface area contributed by atoms with Gasteiger partial charge in [-0.25, -0.2) is 0 Å².